The molecular weight excluding hydrogens is 438 g/mol. The van der Waals surface area contributed by atoms with E-state index in [1.165, 1.54) is 16.9 Å². The number of rotatable bonds is 6. The summed E-state index contributed by atoms with van der Waals surface area (Å²) >= 11 is 1.28. The lowest BCUT2D eigenvalue weighted by Crippen LogP contribution is -2.41. The second kappa shape index (κ2) is 10.4. The van der Waals surface area contributed by atoms with Crippen molar-refractivity contribution in [3.05, 3.63) is 64.1 Å². The standard InChI is InChI=1S/C24H27N5O3S/c1-3-16-6-8-19(9-7-16)26-24(31)29-14-4-5-17(15-29)22-27-28-23(33-22)21(30)25-18-10-12-20(32-2)13-11-18/h6-13,17H,3-5,14-15H2,1-2H3,(H,25,30)(H,26,31). The average Bonchev–Trinajstić information content (AvgIpc) is 3.36. The smallest absolute Gasteiger partial charge is 0.321 e. The van der Waals surface area contributed by atoms with Crippen molar-refractivity contribution in [3.63, 3.8) is 0 Å². The van der Waals surface area contributed by atoms with Gasteiger partial charge in [-0.05, 0) is 61.2 Å². The average molecular weight is 466 g/mol. The highest BCUT2D eigenvalue weighted by Crippen LogP contribution is 2.30. The molecule has 1 aliphatic rings. The highest BCUT2D eigenvalue weighted by Gasteiger charge is 2.28. The van der Waals surface area contributed by atoms with Gasteiger partial charge < -0.3 is 20.3 Å². The molecule has 1 unspecified atom stereocenters. The molecular formula is C24H27N5O3S. The minimum atomic E-state index is -0.301. The molecule has 0 bridgehead atoms. The minimum Gasteiger partial charge on any atom is -0.497 e. The number of methoxy groups -OCH3 is 1. The molecule has 1 aromatic heterocycles. The van der Waals surface area contributed by atoms with E-state index in [0.717, 1.165) is 35.7 Å². The predicted octanol–water partition coefficient (Wildman–Crippen LogP) is 4.77. The molecule has 2 N–H and O–H groups in total. The molecule has 0 aliphatic carbocycles. The van der Waals surface area contributed by atoms with E-state index in [0.29, 0.717) is 23.8 Å². The number of nitrogens with one attached hydrogen (secondary N) is 2. The fourth-order valence-electron chi connectivity index (χ4n) is 3.74. The van der Waals surface area contributed by atoms with Gasteiger partial charge in [-0.2, -0.15) is 0 Å². The van der Waals surface area contributed by atoms with Crippen LogP contribution >= 0.6 is 11.3 Å². The molecule has 9 heteroatoms. The molecule has 0 radical (unpaired) electrons. The Kier molecular flexibility index (Phi) is 7.19. The molecule has 1 aliphatic heterocycles. The first-order chi connectivity index (χ1) is 16.1. The summed E-state index contributed by atoms with van der Waals surface area (Å²) < 4.78 is 5.13. The second-order valence-corrected chi connectivity index (χ2v) is 8.90. The molecule has 0 saturated carbocycles. The number of aromatic nitrogens is 2. The Balaban J connectivity index is 1.35. The van der Waals surface area contributed by atoms with Crippen LogP contribution in [0.3, 0.4) is 0 Å². The van der Waals surface area contributed by atoms with E-state index in [4.69, 9.17) is 4.74 Å². The van der Waals surface area contributed by atoms with Crippen molar-refractivity contribution in [1.29, 1.82) is 0 Å². The topological polar surface area (TPSA) is 96.5 Å². The Hall–Kier alpha value is -3.46. The summed E-state index contributed by atoms with van der Waals surface area (Å²) in [7, 11) is 1.59. The first kappa shape index (κ1) is 22.7. The van der Waals surface area contributed by atoms with Crippen LogP contribution in [-0.2, 0) is 6.42 Å². The number of carbonyl (C=O) groups is 2. The Morgan fingerprint density at radius 1 is 1.06 bits per heavy atom. The molecule has 33 heavy (non-hydrogen) atoms. The normalized spacial score (nSPS) is 15.7. The van der Waals surface area contributed by atoms with Crippen molar-refractivity contribution in [2.45, 2.75) is 32.1 Å². The third-order valence-corrected chi connectivity index (χ3v) is 6.74. The lowest BCUT2D eigenvalue weighted by Gasteiger charge is -2.31. The van der Waals surface area contributed by atoms with Crippen molar-refractivity contribution in [3.8, 4) is 5.75 Å². The van der Waals surface area contributed by atoms with Gasteiger partial charge in [-0.25, -0.2) is 4.79 Å². The van der Waals surface area contributed by atoms with E-state index >= 15 is 0 Å². The Bertz CT molecular complexity index is 1100. The number of piperidine rings is 1. The fraction of sp³-hybridized carbons (Fsp3) is 0.333. The maximum Gasteiger partial charge on any atom is 0.321 e. The van der Waals surface area contributed by atoms with Crippen molar-refractivity contribution < 1.29 is 14.3 Å². The number of ether oxygens (including phenoxy) is 1. The van der Waals surface area contributed by atoms with E-state index in [1.54, 1.807) is 36.3 Å². The summed E-state index contributed by atoms with van der Waals surface area (Å²) in [5.74, 6) is 0.479. The van der Waals surface area contributed by atoms with E-state index < -0.39 is 0 Å². The third-order valence-electron chi connectivity index (χ3n) is 5.65. The zero-order valence-corrected chi connectivity index (χ0v) is 19.5. The minimum absolute atomic E-state index is 0.0620. The second-order valence-electron chi connectivity index (χ2n) is 7.89. The zero-order chi connectivity index (χ0) is 23.2. The van der Waals surface area contributed by atoms with Gasteiger partial charge in [0, 0.05) is 30.4 Å². The van der Waals surface area contributed by atoms with Gasteiger partial charge in [0.1, 0.15) is 10.8 Å². The number of carbonyl (C=O) groups excluding carboxylic acids is 2. The van der Waals surface area contributed by atoms with Gasteiger partial charge in [0.15, 0.2) is 0 Å². The molecule has 3 aromatic rings. The number of anilines is 2. The maximum atomic E-state index is 12.8. The lowest BCUT2D eigenvalue weighted by molar-refractivity contribution is 0.102. The summed E-state index contributed by atoms with van der Waals surface area (Å²) in [6.45, 7) is 3.34. The number of benzene rings is 2. The molecule has 1 saturated heterocycles. The first-order valence-electron chi connectivity index (χ1n) is 11.0. The molecule has 2 aromatic carbocycles. The van der Waals surface area contributed by atoms with Crippen LogP contribution in [0.1, 0.15) is 46.1 Å². The van der Waals surface area contributed by atoms with Gasteiger partial charge in [-0.1, -0.05) is 30.4 Å². The summed E-state index contributed by atoms with van der Waals surface area (Å²) in [6.07, 6.45) is 2.74. The quantitative estimate of drug-likeness (QED) is 0.546. The number of aryl methyl sites for hydroxylation is 1. The van der Waals surface area contributed by atoms with Crippen molar-refractivity contribution >= 4 is 34.6 Å². The SMILES string of the molecule is CCc1ccc(NC(=O)N2CCCC(c3nnc(C(=O)Nc4ccc(OC)cc4)s3)C2)cc1. The Morgan fingerprint density at radius 2 is 1.76 bits per heavy atom. The van der Waals surface area contributed by atoms with Gasteiger partial charge in [0.2, 0.25) is 5.01 Å². The number of hydrogen-bond acceptors (Lipinski definition) is 6. The number of urea groups is 1. The van der Waals surface area contributed by atoms with Gasteiger partial charge in [0.25, 0.3) is 5.91 Å². The lowest BCUT2D eigenvalue weighted by atomic mass is 9.99. The van der Waals surface area contributed by atoms with Crippen LogP contribution in [0.4, 0.5) is 16.2 Å². The molecule has 1 atom stereocenters. The molecule has 4 rings (SSSR count). The zero-order valence-electron chi connectivity index (χ0n) is 18.7. The van der Waals surface area contributed by atoms with Gasteiger partial charge in [0.05, 0.1) is 7.11 Å². The molecule has 2 heterocycles. The maximum absolute atomic E-state index is 12.8. The monoisotopic (exact) mass is 465 g/mol. The molecule has 0 spiro atoms. The number of hydrogen-bond donors (Lipinski definition) is 2. The highest BCUT2D eigenvalue weighted by atomic mass is 32.1. The van der Waals surface area contributed by atoms with Crippen LogP contribution in [0.15, 0.2) is 48.5 Å². The first-order valence-corrected chi connectivity index (χ1v) is 11.8. The van der Waals surface area contributed by atoms with Crippen LogP contribution in [0.25, 0.3) is 0 Å². The van der Waals surface area contributed by atoms with E-state index in [9.17, 15) is 9.59 Å². The van der Waals surface area contributed by atoms with Crippen LogP contribution in [-0.4, -0.2) is 47.2 Å². The number of amides is 3. The van der Waals surface area contributed by atoms with Crippen molar-refractivity contribution in [1.82, 2.24) is 15.1 Å². The third kappa shape index (κ3) is 5.67. The summed E-state index contributed by atoms with van der Waals surface area (Å²) in [5, 5.41) is 15.2. The van der Waals surface area contributed by atoms with Crippen LogP contribution in [0, 0.1) is 0 Å². The summed E-state index contributed by atoms with van der Waals surface area (Å²) in [4.78, 5) is 27.2. The molecule has 172 valence electrons. The Morgan fingerprint density at radius 3 is 2.45 bits per heavy atom. The highest BCUT2D eigenvalue weighted by molar-refractivity contribution is 7.13. The molecule has 3 amide bonds. The van der Waals surface area contributed by atoms with E-state index in [2.05, 4.69) is 27.8 Å². The van der Waals surface area contributed by atoms with E-state index in [1.807, 2.05) is 24.3 Å². The van der Waals surface area contributed by atoms with Crippen LogP contribution in [0.5, 0.6) is 5.75 Å². The van der Waals surface area contributed by atoms with Gasteiger partial charge >= 0.3 is 6.03 Å². The van der Waals surface area contributed by atoms with Crippen LogP contribution in [0.2, 0.25) is 0 Å². The fourth-order valence-corrected chi connectivity index (χ4v) is 4.60. The molecule has 8 nitrogen and oxygen atoms in total. The van der Waals surface area contributed by atoms with Gasteiger partial charge in [-0.3, -0.25) is 4.79 Å². The van der Waals surface area contributed by atoms with Crippen molar-refractivity contribution in [2.24, 2.45) is 0 Å². The number of nitrogens with zero attached hydrogens (tertiary/aromatic N) is 3. The summed E-state index contributed by atoms with van der Waals surface area (Å²) in [5.41, 5.74) is 2.67. The Labute approximate surface area is 197 Å². The molecule has 1 fully saturated rings. The summed E-state index contributed by atoms with van der Waals surface area (Å²) in [6, 6.07) is 14.9. The number of likely N-dealkylation sites (tertiary alicyclic amines) is 1. The van der Waals surface area contributed by atoms with Crippen molar-refractivity contribution in [2.75, 3.05) is 30.8 Å². The predicted molar refractivity (Wildman–Crippen MR) is 129 cm³/mol. The van der Waals surface area contributed by atoms with Gasteiger partial charge in [-0.15, -0.1) is 10.2 Å². The van der Waals surface area contributed by atoms with E-state index in [-0.39, 0.29) is 17.9 Å². The van der Waals surface area contributed by atoms with Crippen LogP contribution < -0.4 is 15.4 Å². The largest absolute Gasteiger partial charge is 0.497 e.